The van der Waals surface area contributed by atoms with Gasteiger partial charge in [0.1, 0.15) is 11.7 Å². The van der Waals surface area contributed by atoms with Gasteiger partial charge in [-0.2, -0.15) is 0 Å². The van der Waals surface area contributed by atoms with Crippen LogP contribution in [0.5, 0.6) is 11.5 Å². The van der Waals surface area contributed by atoms with E-state index in [4.69, 9.17) is 9.47 Å². The predicted octanol–water partition coefficient (Wildman–Crippen LogP) is 2.09. The zero-order valence-electron chi connectivity index (χ0n) is 11.9. The summed E-state index contributed by atoms with van der Waals surface area (Å²) in [6.07, 6.45) is -0.489. The molecule has 1 aliphatic heterocycles. The molecule has 6 heteroatoms. The van der Waals surface area contributed by atoms with Crippen LogP contribution in [0.3, 0.4) is 0 Å². The zero-order valence-corrected chi connectivity index (χ0v) is 11.9. The molecule has 0 bridgehead atoms. The molecule has 1 fully saturated rings. The highest BCUT2D eigenvalue weighted by Crippen LogP contribution is 2.30. The van der Waals surface area contributed by atoms with Gasteiger partial charge in [0, 0.05) is 24.8 Å². The van der Waals surface area contributed by atoms with Crippen LogP contribution in [0, 0.1) is 0 Å². The number of nitrogens with one attached hydrogen (secondary N) is 2. The van der Waals surface area contributed by atoms with Gasteiger partial charge < -0.3 is 19.9 Å². The maximum absolute atomic E-state index is 11.7. The standard InChI is InChI=1S/C14H20N2O4/c1-14(2,3)20-13(18)16-9-4-5-11(17)12(6-9)19-10-7-15-8-10/h4-6,10,15,17H,7-8H2,1-3H3,(H,16,18). The van der Waals surface area contributed by atoms with E-state index < -0.39 is 11.7 Å². The van der Waals surface area contributed by atoms with E-state index in [9.17, 15) is 9.90 Å². The Morgan fingerprint density at radius 1 is 1.40 bits per heavy atom. The Labute approximate surface area is 118 Å². The number of ether oxygens (including phenoxy) is 2. The van der Waals surface area contributed by atoms with Crippen molar-refractivity contribution in [3.05, 3.63) is 18.2 Å². The molecule has 1 aromatic carbocycles. The number of carbonyl (C=O) groups is 1. The lowest BCUT2D eigenvalue weighted by Gasteiger charge is -2.28. The highest BCUT2D eigenvalue weighted by molar-refractivity contribution is 5.85. The highest BCUT2D eigenvalue weighted by atomic mass is 16.6. The number of phenolic OH excluding ortho intramolecular Hbond substituents is 1. The molecule has 20 heavy (non-hydrogen) atoms. The van der Waals surface area contributed by atoms with Crippen molar-refractivity contribution in [2.24, 2.45) is 0 Å². The summed E-state index contributed by atoms with van der Waals surface area (Å²) < 4.78 is 10.8. The SMILES string of the molecule is CC(C)(C)OC(=O)Nc1ccc(O)c(OC2CNC2)c1. The van der Waals surface area contributed by atoms with Crippen LogP contribution in [0.2, 0.25) is 0 Å². The fraction of sp³-hybridized carbons (Fsp3) is 0.500. The molecule has 2 rings (SSSR count). The van der Waals surface area contributed by atoms with E-state index in [0.29, 0.717) is 11.4 Å². The van der Waals surface area contributed by atoms with Crippen molar-refractivity contribution < 1.29 is 19.4 Å². The monoisotopic (exact) mass is 280 g/mol. The Balaban J connectivity index is 2.01. The van der Waals surface area contributed by atoms with Crippen LogP contribution in [-0.4, -0.2) is 36.0 Å². The summed E-state index contributed by atoms with van der Waals surface area (Å²) in [5.74, 6) is 0.400. The first-order chi connectivity index (χ1) is 9.33. The summed E-state index contributed by atoms with van der Waals surface area (Å²) in [7, 11) is 0. The van der Waals surface area contributed by atoms with E-state index in [1.165, 1.54) is 6.07 Å². The molecule has 0 unspecified atom stereocenters. The number of hydrogen-bond acceptors (Lipinski definition) is 5. The van der Waals surface area contributed by atoms with Crippen LogP contribution in [0.15, 0.2) is 18.2 Å². The molecule has 3 N–H and O–H groups in total. The normalized spacial score (nSPS) is 15.3. The number of amides is 1. The van der Waals surface area contributed by atoms with Crippen molar-refractivity contribution in [2.75, 3.05) is 18.4 Å². The Morgan fingerprint density at radius 3 is 2.65 bits per heavy atom. The Hall–Kier alpha value is -1.95. The number of hydrogen-bond donors (Lipinski definition) is 3. The molecule has 1 amide bonds. The number of aromatic hydroxyl groups is 1. The van der Waals surface area contributed by atoms with Gasteiger partial charge in [-0.15, -0.1) is 0 Å². The molecule has 1 saturated heterocycles. The number of benzene rings is 1. The zero-order chi connectivity index (χ0) is 14.8. The van der Waals surface area contributed by atoms with Gasteiger partial charge in [-0.1, -0.05) is 0 Å². The van der Waals surface area contributed by atoms with Crippen LogP contribution < -0.4 is 15.4 Å². The summed E-state index contributed by atoms with van der Waals surface area (Å²) in [6.45, 7) is 6.89. The summed E-state index contributed by atoms with van der Waals surface area (Å²) in [5.41, 5.74) is -0.0443. The van der Waals surface area contributed by atoms with Gasteiger partial charge in [-0.05, 0) is 32.9 Å². The van der Waals surface area contributed by atoms with Gasteiger partial charge in [0.2, 0.25) is 0 Å². The van der Waals surface area contributed by atoms with Crippen molar-refractivity contribution >= 4 is 11.8 Å². The first kappa shape index (κ1) is 14.5. The summed E-state index contributed by atoms with van der Waals surface area (Å²) in [5, 5.41) is 15.4. The first-order valence-electron chi connectivity index (χ1n) is 6.54. The van der Waals surface area contributed by atoms with E-state index in [1.807, 2.05) is 0 Å². The van der Waals surface area contributed by atoms with Gasteiger partial charge in [0.15, 0.2) is 11.5 Å². The van der Waals surface area contributed by atoms with E-state index in [-0.39, 0.29) is 11.9 Å². The van der Waals surface area contributed by atoms with Crippen LogP contribution in [0.4, 0.5) is 10.5 Å². The van der Waals surface area contributed by atoms with E-state index in [2.05, 4.69) is 10.6 Å². The quantitative estimate of drug-likeness (QED) is 0.739. The molecule has 1 aliphatic rings. The number of phenols is 1. The topological polar surface area (TPSA) is 79.8 Å². The summed E-state index contributed by atoms with van der Waals surface area (Å²) >= 11 is 0. The molecular formula is C14H20N2O4. The largest absolute Gasteiger partial charge is 0.504 e. The number of rotatable bonds is 3. The Kier molecular flexibility index (Phi) is 4.04. The van der Waals surface area contributed by atoms with Crippen LogP contribution in [-0.2, 0) is 4.74 Å². The second-order valence-corrected chi connectivity index (χ2v) is 5.71. The third-order valence-electron chi connectivity index (χ3n) is 2.64. The average molecular weight is 280 g/mol. The maximum Gasteiger partial charge on any atom is 0.412 e. The summed E-state index contributed by atoms with van der Waals surface area (Å²) in [6, 6.07) is 4.65. The lowest BCUT2D eigenvalue weighted by Crippen LogP contribution is -2.50. The van der Waals surface area contributed by atoms with E-state index >= 15 is 0 Å². The Bertz CT molecular complexity index is 492. The number of carbonyl (C=O) groups excluding carboxylic acids is 1. The molecule has 1 heterocycles. The molecule has 1 aromatic rings. The van der Waals surface area contributed by atoms with Crippen molar-refractivity contribution in [2.45, 2.75) is 32.5 Å². The molecular weight excluding hydrogens is 260 g/mol. The second-order valence-electron chi connectivity index (χ2n) is 5.71. The lowest BCUT2D eigenvalue weighted by atomic mass is 10.2. The molecule has 0 aliphatic carbocycles. The fourth-order valence-electron chi connectivity index (χ4n) is 1.63. The van der Waals surface area contributed by atoms with Crippen molar-refractivity contribution in [1.82, 2.24) is 5.32 Å². The van der Waals surface area contributed by atoms with Crippen molar-refractivity contribution in [1.29, 1.82) is 0 Å². The molecule has 0 radical (unpaired) electrons. The van der Waals surface area contributed by atoms with Gasteiger partial charge in [-0.25, -0.2) is 4.79 Å². The second kappa shape index (κ2) is 5.58. The first-order valence-corrected chi connectivity index (χ1v) is 6.54. The predicted molar refractivity (Wildman–Crippen MR) is 75.2 cm³/mol. The van der Waals surface area contributed by atoms with E-state index in [1.54, 1.807) is 32.9 Å². The molecule has 0 spiro atoms. The minimum Gasteiger partial charge on any atom is -0.504 e. The van der Waals surface area contributed by atoms with E-state index in [0.717, 1.165) is 13.1 Å². The third kappa shape index (κ3) is 4.03. The number of anilines is 1. The average Bonchev–Trinajstić information content (AvgIpc) is 2.24. The minimum atomic E-state index is -0.558. The molecule has 0 atom stereocenters. The van der Waals surface area contributed by atoms with Crippen molar-refractivity contribution in [3.63, 3.8) is 0 Å². The fourth-order valence-corrected chi connectivity index (χ4v) is 1.63. The van der Waals surface area contributed by atoms with Crippen molar-refractivity contribution in [3.8, 4) is 11.5 Å². The molecule has 0 aromatic heterocycles. The van der Waals surface area contributed by atoms with Gasteiger partial charge >= 0.3 is 6.09 Å². The molecule has 110 valence electrons. The molecule has 0 saturated carbocycles. The lowest BCUT2D eigenvalue weighted by molar-refractivity contribution is 0.0636. The van der Waals surface area contributed by atoms with Crippen LogP contribution in [0.25, 0.3) is 0 Å². The van der Waals surface area contributed by atoms with Gasteiger partial charge in [0.25, 0.3) is 0 Å². The van der Waals surface area contributed by atoms with Gasteiger partial charge in [-0.3, -0.25) is 5.32 Å². The Morgan fingerprint density at radius 2 is 2.10 bits per heavy atom. The third-order valence-corrected chi connectivity index (χ3v) is 2.64. The maximum atomic E-state index is 11.7. The van der Waals surface area contributed by atoms with Crippen LogP contribution in [0.1, 0.15) is 20.8 Å². The highest BCUT2D eigenvalue weighted by Gasteiger charge is 2.21. The smallest absolute Gasteiger partial charge is 0.412 e. The molecule has 6 nitrogen and oxygen atoms in total. The van der Waals surface area contributed by atoms with Gasteiger partial charge in [0.05, 0.1) is 0 Å². The van der Waals surface area contributed by atoms with Crippen LogP contribution >= 0.6 is 0 Å². The summed E-state index contributed by atoms with van der Waals surface area (Å²) in [4.78, 5) is 11.7. The minimum absolute atomic E-state index is 0.0478.